The number of ether oxygens (including phenoxy) is 2. The van der Waals surface area contributed by atoms with Gasteiger partial charge >= 0.3 is 11.9 Å². The molecule has 2 aliphatic rings. The zero-order valence-electron chi connectivity index (χ0n) is 28.2. The number of isocyanates is 2. The van der Waals surface area contributed by atoms with Gasteiger partial charge in [0.1, 0.15) is 0 Å². The third kappa shape index (κ3) is 20.9. The molecular weight excluding hydrogens is 580 g/mol. The zero-order chi connectivity index (χ0) is 32.9. The highest BCUT2D eigenvalue weighted by Gasteiger charge is 2.14. The van der Waals surface area contributed by atoms with E-state index in [4.69, 9.17) is 9.47 Å². The molecule has 0 aromatic heterocycles. The number of hydrogen-bond acceptors (Lipinski definition) is 8. The maximum atomic E-state index is 12.1. The Bertz CT molecular complexity index is 969. The van der Waals surface area contributed by atoms with Crippen molar-refractivity contribution >= 4 is 24.1 Å². The Balaban J connectivity index is 1.61. The van der Waals surface area contributed by atoms with Crippen LogP contribution >= 0.6 is 0 Å². The highest BCUT2D eigenvalue weighted by Crippen LogP contribution is 2.29. The van der Waals surface area contributed by atoms with Crippen LogP contribution in [0.4, 0.5) is 0 Å². The predicted molar refractivity (Wildman–Crippen MR) is 182 cm³/mol. The molecule has 0 heterocycles. The molecule has 0 saturated carbocycles. The van der Waals surface area contributed by atoms with Gasteiger partial charge in [-0.3, -0.25) is 0 Å². The summed E-state index contributed by atoms with van der Waals surface area (Å²) in [7, 11) is 0. The fraction of sp³-hybridized carbons (Fsp3) is 0.737. The molecule has 46 heavy (non-hydrogen) atoms. The van der Waals surface area contributed by atoms with Crippen LogP contribution in [0, 0.1) is 11.8 Å². The van der Waals surface area contributed by atoms with Crippen LogP contribution in [0.25, 0.3) is 0 Å². The van der Waals surface area contributed by atoms with Crippen LogP contribution < -0.4 is 0 Å². The van der Waals surface area contributed by atoms with Crippen molar-refractivity contribution < 1.29 is 28.7 Å². The average Bonchev–Trinajstić information content (AvgIpc) is 3.48. The van der Waals surface area contributed by atoms with E-state index >= 15 is 0 Å². The Kier molecular flexibility index (Phi) is 23.0. The summed E-state index contributed by atoms with van der Waals surface area (Å²) in [4.78, 5) is 52.4. The van der Waals surface area contributed by atoms with Gasteiger partial charge in [0, 0.05) is 12.2 Å². The average molecular weight is 639 g/mol. The van der Waals surface area contributed by atoms with Crippen molar-refractivity contribution in [3.63, 3.8) is 0 Å². The second kappa shape index (κ2) is 27.1. The van der Waals surface area contributed by atoms with E-state index in [0.29, 0.717) is 38.1 Å². The number of esters is 2. The molecule has 2 unspecified atom stereocenters. The van der Waals surface area contributed by atoms with Crippen molar-refractivity contribution in [1.82, 2.24) is 0 Å². The molecule has 0 aromatic carbocycles. The van der Waals surface area contributed by atoms with E-state index < -0.39 is 11.9 Å². The number of unbranched alkanes of at least 4 members (excludes halogenated alkanes) is 2. The van der Waals surface area contributed by atoms with Crippen LogP contribution in [0.1, 0.15) is 141 Å². The van der Waals surface area contributed by atoms with E-state index in [2.05, 4.69) is 22.1 Å². The molecule has 0 bridgehead atoms. The lowest BCUT2D eigenvalue weighted by molar-refractivity contribution is -0.140. The maximum Gasteiger partial charge on any atom is 0.331 e. The Morgan fingerprint density at radius 3 is 1.50 bits per heavy atom. The SMILES string of the molecule is O=C=NCCCC(CCCCOC(=O)/C=C/C(=O)OCCCCC(CCCN=C=O)CC1=CCCCCC1)CC1=CCCCCC1. The minimum absolute atomic E-state index is 0.322. The molecule has 2 atom stereocenters. The van der Waals surface area contributed by atoms with Gasteiger partial charge in [0.25, 0.3) is 0 Å². The maximum absolute atomic E-state index is 12.1. The minimum atomic E-state index is -0.529. The second-order valence-electron chi connectivity index (χ2n) is 13.0. The van der Waals surface area contributed by atoms with Gasteiger partial charge in [-0.1, -0.05) is 49.0 Å². The molecule has 0 radical (unpaired) electrons. The standard InChI is InChI=1S/C38H58N2O6/c41-31-39-25-13-21-35(29-33-15-5-1-2-6-16-33)19-9-11-27-45-37(43)23-24-38(44)46-28-12-10-20-36(22-14-26-40-32-42)30-34-17-7-3-4-8-18-34/h15,17,23-24,35-36H,1-14,16,18-22,25-30H2/b24-23+. The summed E-state index contributed by atoms with van der Waals surface area (Å²) in [6.07, 6.45) is 34.4. The van der Waals surface area contributed by atoms with Gasteiger partial charge < -0.3 is 9.47 Å². The lowest BCUT2D eigenvalue weighted by Gasteiger charge is -2.18. The lowest BCUT2D eigenvalue weighted by atomic mass is 9.88. The highest BCUT2D eigenvalue weighted by molar-refractivity contribution is 5.91. The molecule has 8 heteroatoms. The van der Waals surface area contributed by atoms with Crippen LogP contribution in [0.2, 0.25) is 0 Å². The van der Waals surface area contributed by atoms with Crippen LogP contribution in [0.3, 0.4) is 0 Å². The van der Waals surface area contributed by atoms with Crippen LogP contribution in [-0.2, 0) is 28.7 Å². The van der Waals surface area contributed by atoms with Crippen molar-refractivity contribution in [2.45, 2.75) is 141 Å². The van der Waals surface area contributed by atoms with Crippen LogP contribution in [0.15, 0.2) is 45.4 Å². The smallest absolute Gasteiger partial charge is 0.331 e. The van der Waals surface area contributed by atoms with Gasteiger partial charge in [-0.15, -0.1) is 0 Å². The Labute approximate surface area is 277 Å². The molecule has 256 valence electrons. The van der Waals surface area contributed by atoms with Gasteiger partial charge in [0.2, 0.25) is 12.2 Å². The van der Waals surface area contributed by atoms with E-state index in [9.17, 15) is 19.2 Å². The molecular formula is C38H58N2O6. The zero-order valence-corrected chi connectivity index (χ0v) is 28.2. The summed E-state index contributed by atoms with van der Waals surface area (Å²) >= 11 is 0. The molecule has 0 spiro atoms. The van der Waals surface area contributed by atoms with Crippen LogP contribution in [0.5, 0.6) is 0 Å². The van der Waals surface area contributed by atoms with E-state index in [0.717, 1.165) is 89.2 Å². The summed E-state index contributed by atoms with van der Waals surface area (Å²) in [5, 5.41) is 0. The summed E-state index contributed by atoms with van der Waals surface area (Å²) in [5.74, 6) is 0.0331. The van der Waals surface area contributed by atoms with Gasteiger partial charge in [-0.05, 0) is 127 Å². The number of hydrogen-bond donors (Lipinski definition) is 0. The first kappa shape index (κ1) is 39.1. The van der Waals surface area contributed by atoms with Crippen molar-refractivity contribution in [1.29, 1.82) is 0 Å². The summed E-state index contributed by atoms with van der Waals surface area (Å²) in [5.41, 5.74) is 3.13. The van der Waals surface area contributed by atoms with Gasteiger partial charge in [0.05, 0.1) is 26.3 Å². The normalized spacial score (nSPS) is 16.5. The minimum Gasteiger partial charge on any atom is -0.463 e. The lowest BCUT2D eigenvalue weighted by Crippen LogP contribution is -2.08. The van der Waals surface area contributed by atoms with E-state index in [1.54, 1.807) is 23.3 Å². The molecule has 0 saturated heterocycles. The van der Waals surface area contributed by atoms with E-state index in [-0.39, 0.29) is 0 Å². The fourth-order valence-corrected chi connectivity index (χ4v) is 6.63. The molecule has 0 fully saturated rings. The van der Waals surface area contributed by atoms with Crippen molar-refractivity contribution in [2.75, 3.05) is 26.3 Å². The Morgan fingerprint density at radius 1 is 0.630 bits per heavy atom. The second-order valence-corrected chi connectivity index (χ2v) is 13.0. The fourth-order valence-electron chi connectivity index (χ4n) is 6.63. The van der Waals surface area contributed by atoms with Gasteiger partial charge in [-0.2, -0.15) is 0 Å². The van der Waals surface area contributed by atoms with E-state index in [1.807, 2.05) is 0 Å². The van der Waals surface area contributed by atoms with E-state index in [1.165, 1.54) is 64.2 Å². The predicted octanol–water partition coefficient (Wildman–Crippen LogP) is 9.00. The molecule has 8 nitrogen and oxygen atoms in total. The summed E-state index contributed by atoms with van der Waals surface area (Å²) in [6.45, 7) is 1.71. The molecule has 0 amide bonds. The highest BCUT2D eigenvalue weighted by atomic mass is 16.5. The summed E-state index contributed by atoms with van der Waals surface area (Å²) in [6, 6.07) is 0. The third-order valence-electron chi connectivity index (χ3n) is 9.12. The first-order chi connectivity index (χ1) is 22.6. The van der Waals surface area contributed by atoms with Crippen molar-refractivity contribution in [3.05, 3.63) is 35.5 Å². The van der Waals surface area contributed by atoms with Crippen LogP contribution in [-0.4, -0.2) is 50.4 Å². The topological polar surface area (TPSA) is 111 Å². The number of rotatable bonds is 24. The first-order valence-electron chi connectivity index (χ1n) is 18.0. The molecule has 0 N–H and O–H groups in total. The molecule has 0 aromatic rings. The van der Waals surface area contributed by atoms with Crippen molar-refractivity contribution in [3.8, 4) is 0 Å². The van der Waals surface area contributed by atoms with Gasteiger partial charge in [-0.25, -0.2) is 29.2 Å². The number of aliphatic imine (C=N–C) groups is 2. The number of nitrogens with zero attached hydrogens (tertiary/aromatic N) is 2. The number of carbonyl (C=O) groups excluding carboxylic acids is 4. The third-order valence-corrected chi connectivity index (χ3v) is 9.12. The number of allylic oxidation sites excluding steroid dienone is 4. The summed E-state index contributed by atoms with van der Waals surface area (Å²) < 4.78 is 10.6. The Morgan fingerprint density at radius 2 is 1.07 bits per heavy atom. The van der Waals surface area contributed by atoms with Crippen molar-refractivity contribution in [2.24, 2.45) is 21.8 Å². The quantitative estimate of drug-likeness (QED) is 0.0260. The number of carbonyl (C=O) groups is 2. The Hall–Kier alpha value is -3.08. The largest absolute Gasteiger partial charge is 0.463 e. The molecule has 0 aliphatic heterocycles. The first-order valence-corrected chi connectivity index (χ1v) is 18.0. The molecule has 2 rings (SSSR count). The van der Waals surface area contributed by atoms with Gasteiger partial charge in [0.15, 0.2) is 0 Å². The molecule has 2 aliphatic carbocycles. The monoisotopic (exact) mass is 638 g/mol.